The number of nitrogens with one attached hydrogen (secondary N) is 1. The van der Waals surface area contributed by atoms with E-state index in [1.807, 2.05) is 6.07 Å². The minimum atomic E-state index is -2.94. The van der Waals surface area contributed by atoms with Crippen LogP contribution >= 0.6 is 0 Å². The third-order valence-electron chi connectivity index (χ3n) is 10.1. The molecule has 2 aliphatic carbocycles. The van der Waals surface area contributed by atoms with Gasteiger partial charge in [0.2, 0.25) is 11.8 Å². The van der Waals surface area contributed by atoms with Crippen LogP contribution in [0.5, 0.6) is 5.75 Å². The second kappa shape index (κ2) is 15.1. The van der Waals surface area contributed by atoms with E-state index in [9.17, 15) is 27.6 Å². The summed E-state index contributed by atoms with van der Waals surface area (Å²) >= 11 is 0. The number of nitrogens with zero attached hydrogens (tertiary/aromatic N) is 4. The molecule has 1 unspecified atom stereocenters. The summed E-state index contributed by atoms with van der Waals surface area (Å²) < 4.78 is 45.2. The predicted octanol–water partition coefficient (Wildman–Crippen LogP) is 6.38. The van der Waals surface area contributed by atoms with E-state index >= 15 is 0 Å². The van der Waals surface area contributed by atoms with E-state index < -0.39 is 18.3 Å². The van der Waals surface area contributed by atoms with Crippen LogP contribution in [0.25, 0.3) is 0 Å². The smallest absolute Gasteiger partial charge is 0.387 e. The molecule has 50 heavy (non-hydrogen) atoms. The molecule has 3 atom stereocenters. The van der Waals surface area contributed by atoms with E-state index in [0.29, 0.717) is 41.9 Å². The highest BCUT2D eigenvalue weighted by molar-refractivity contribution is 6.04. The first-order valence-electron chi connectivity index (χ1n) is 17.3. The zero-order valence-corrected chi connectivity index (χ0v) is 28.7. The molecule has 0 radical (unpaired) electrons. The number of carbonyl (C=O) groups is 3. The third kappa shape index (κ3) is 8.57. The summed E-state index contributed by atoms with van der Waals surface area (Å²) in [4.78, 5) is 49.2. The van der Waals surface area contributed by atoms with Gasteiger partial charge in [-0.25, -0.2) is 9.37 Å². The van der Waals surface area contributed by atoms with Crippen molar-refractivity contribution in [1.82, 2.24) is 15.2 Å². The number of pyridine rings is 1. The quantitative estimate of drug-likeness (QED) is 0.211. The number of carbonyl (C=O) groups excluding carboxylic acids is 3. The molecular weight excluding hydrogens is 647 g/mol. The SMILES string of the molecule is CC(=O)N1CC(c2ccc(OC(F)F)c(N(CC3CC3)CC3CC3)c2)C[C@@H]1[C@@H](C)C(=O)NCc1cccc(C(=O)N(C)c2ccc(F)cc2)n1. The van der Waals surface area contributed by atoms with Crippen LogP contribution in [-0.4, -0.2) is 66.9 Å². The van der Waals surface area contributed by atoms with Gasteiger partial charge in [-0.15, -0.1) is 0 Å². The van der Waals surface area contributed by atoms with Crippen molar-refractivity contribution in [2.24, 2.45) is 17.8 Å². The van der Waals surface area contributed by atoms with Gasteiger partial charge in [0.15, 0.2) is 0 Å². The number of halogens is 3. The van der Waals surface area contributed by atoms with Crippen molar-refractivity contribution in [2.45, 2.75) is 71.1 Å². The first kappa shape index (κ1) is 35.2. The van der Waals surface area contributed by atoms with Crippen LogP contribution in [0.2, 0.25) is 0 Å². The molecule has 2 saturated carbocycles. The summed E-state index contributed by atoms with van der Waals surface area (Å²) in [7, 11) is 1.58. The van der Waals surface area contributed by atoms with Gasteiger partial charge in [0, 0.05) is 51.3 Å². The largest absolute Gasteiger partial charge is 0.433 e. The van der Waals surface area contributed by atoms with E-state index in [-0.39, 0.29) is 47.7 Å². The van der Waals surface area contributed by atoms with Gasteiger partial charge < -0.3 is 24.8 Å². The summed E-state index contributed by atoms with van der Waals surface area (Å²) in [5.74, 6) is -0.556. The molecule has 3 amide bonds. The lowest BCUT2D eigenvalue weighted by molar-refractivity contribution is -0.133. The number of aromatic nitrogens is 1. The van der Waals surface area contributed by atoms with Crippen molar-refractivity contribution in [3.05, 3.63) is 83.4 Å². The second-order valence-electron chi connectivity index (χ2n) is 13.9. The maximum atomic E-state index is 13.5. The molecule has 3 fully saturated rings. The van der Waals surface area contributed by atoms with Crippen LogP contribution < -0.4 is 19.9 Å². The van der Waals surface area contributed by atoms with Crippen molar-refractivity contribution in [3.63, 3.8) is 0 Å². The number of hydrogen-bond donors (Lipinski definition) is 1. The highest BCUT2D eigenvalue weighted by Gasteiger charge is 2.40. The first-order valence-corrected chi connectivity index (χ1v) is 17.3. The number of amides is 3. The number of rotatable bonds is 14. The summed E-state index contributed by atoms with van der Waals surface area (Å²) in [6.45, 7) is 2.45. The van der Waals surface area contributed by atoms with Crippen molar-refractivity contribution >= 4 is 29.1 Å². The molecule has 0 spiro atoms. The van der Waals surface area contributed by atoms with Crippen LogP contribution in [-0.2, 0) is 16.1 Å². The molecule has 1 aromatic heterocycles. The van der Waals surface area contributed by atoms with E-state index in [0.717, 1.165) is 44.3 Å². The zero-order chi connectivity index (χ0) is 35.5. The molecule has 2 aromatic carbocycles. The van der Waals surface area contributed by atoms with Gasteiger partial charge in [0.1, 0.15) is 17.3 Å². The molecule has 2 heterocycles. The van der Waals surface area contributed by atoms with Gasteiger partial charge >= 0.3 is 6.61 Å². The summed E-state index contributed by atoms with van der Waals surface area (Å²) in [5, 5.41) is 2.92. The van der Waals surface area contributed by atoms with Gasteiger partial charge in [0.25, 0.3) is 5.91 Å². The Kier molecular flexibility index (Phi) is 10.6. The topological polar surface area (TPSA) is 95.1 Å². The Morgan fingerprint density at radius 1 is 1.00 bits per heavy atom. The number of likely N-dealkylation sites (tertiary alicyclic amines) is 1. The summed E-state index contributed by atoms with van der Waals surface area (Å²) in [6.07, 6.45) is 5.08. The molecule has 1 N–H and O–H groups in total. The van der Waals surface area contributed by atoms with Gasteiger partial charge in [0.05, 0.1) is 23.8 Å². The van der Waals surface area contributed by atoms with Crippen LogP contribution in [0.1, 0.15) is 73.6 Å². The second-order valence-corrected chi connectivity index (χ2v) is 13.9. The Bertz CT molecular complexity index is 1680. The van der Waals surface area contributed by atoms with E-state index in [1.54, 1.807) is 49.2 Å². The maximum Gasteiger partial charge on any atom is 0.387 e. The molecule has 3 aromatic rings. The average Bonchev–Trinajstić information content (AvgIpc) is 4.05. The number of alkyl halides is 2. The Balaban J connectivity index is 1.13. The molecule has 1 saturated heterocycles. The standard InChI is InChI=1S/C38H44F3N5O4/c1-23(36(48)42-19-30-5-4-6-32(43-30)37(49)44(3)31-14-12-29(39)13-15-31)33-18-28(22-46(33)24(2)47)27-11-16-35(50-38(40)41)34(17-27)45(20-25-7-8-25)21-26-9-10-26/h4-6,11-17,23,25-26,28,33,38H,7-10,18-22H2,1-3H3,(H,42,48)/t23-,28?,33-/m1/s1. The summed E-state index contributed by atoms with van der Waals surface area (Å²) in [6, 6.07) is 15.5. The molecule has 6 rings (SSSR count). The molecule has 0 bridgehead atoms. The van der Waals surface area contributed by atoms with Crippen molar-refractivity contribution in [3.8, 4) is 5.75 Å². The molecule has 266 valence electrons. The molecule has 9 nitrogen and oxygen atoms in total. The summed E-state index contributed by atoms with van der Waals surface area (Å²) in [5.41, 5.74) is 2.77. The fourth-order valence-corrected chi connectivity index (χ4v) is 6.83. The number of anilines is 2. The number of benzene rings is 2. The van der Waals surface area contributed by atoms with Crippen LogP contribution in [0.4, 0.5) is 24.5 Å². The fraction of sp³-hybridized carbons (Fsp3) is 0.474. The fourth-order valence-electron chi connectivity index (χ4n) is 6.83. The highest BCUT2D eigenvalue weighted by Crippen LogP contribution is 2.42. The normalized spacial score (nSPS) is 19.3. The Hall–Kier alpha value is -4.61. The van der Waals surface area contributed by atoms with Crippen LogP contribution in [0.15, 0.2) is 60.7 Å². The number of hydrogen-bond acceptors (Lipinski definition) is 6. The number of ether oxygens (including phenoxy) is 1. The molecular formula is C38H44F3N5O4. The minimum absolute atomic E-state index is 0.0769. The lowest BCUT2D eigenvalue weighted by Crippen LogP contribution is -2.44. The van der Waals surface area contributed by atoms with Crippen molar-refractivity contribution in [2.75, 3.05) is 36.5 Å². The van der Waals surface area contributed by atoms with Crippen LogP contribution in [0.3, 0.4) is 0 Å². The Morgan fingerprint density at radius 3 is 2.30 bits per heavy atom. The predicted molar refractivity (Wildman–Crippen MR) is 184 cm³/mol. The zero-order valence-electron chi connectivity index (χ0n) is 28.7. The third-order valence-corrected chi connectivity index (χ3v) is 10.1. The van der Waals surface area contributed by atoms with Gasteiger partial charge in [-0.1, -0.05) is 19.1 Å². The van der Waals surface area contributed by atoms with Gasteiger partial charge in [-0.05, 0) is 98.0 Å². The molecule has 3 aliphatic rings. The van der Waals surface area contributed by atoms with Gasteiger partial charge in [-0.2, -0.15) is 8.78 Å². The Labute approximate surface area is 290 Å². The lowest BCUT2D eigenvalue weighted by Gasteiger charge is -2.28. The lowest BCUT2D eigenvalue weighted by atomic mass is 9.90. The van der Waals surface area contributed by atoms with Crippen molar-refractivity contribution in [1.29, 1.82) is 0 Å². The Morgan fingerprint density at radius 2 is 1.68 bits per heavy atom. The van der Waals surface area contributed by atoms with Gasteiger partial charge in [-0.3, -0.25) is 14.4 Å². The van der Waals surface area contributed by atoms with E-state index in [1.165, 1.54) is 36.1 Å². The van der Waals surface area contributed by atoms with E-state index in [4.69, 9.17) is 4.74 Å². The van der Waals surface area contributed by atoms with E-state index in [2.05, 4.69) is 15.2 Å². The molecule has 12 heteroatoms. The average molecular weight is 692 g/mol. The monoisotopic (exact) mass is 691 g/mol. The highest BCUT2D eigenvalue weighted by atomic mass is 19.3. The maximum absolute atomic E-state index is 13.5. The molecule has 1 aliphatic heterocycles. The minimum Gasteiger partial charge on any atom is -0.433 e. The van der Waals surface area contributed by atoms with Crippen LogP contribution in [0, 0.1) is 23.6 Å². The first-order chi connectivity index (χ1) is 24.0. The van der Waals surface area contributed by atoms with Crippen molar-refractivity contribution < 1.29 is 32.3 Å².